The summed E-state index contributed by atoms with van der Waals surface area (Å²) in [5.74, 6) is -0.491. The Hall–Kier alpha value is -3.49. The number of thiazole rings is 1. The van der Waals surface area contributed by atoms with Crippen molar-refractivity contribution in [2.75, 3.05) is 52.9 Å². The fourth-order valence-electron chi connectivity index (χ4n) is 3.88. The van der Waals surface area contributed by atoms with Crippen LogP contribution in [0.3, 0.4) is 0 Å². The Morgan fingerprint density at radius 2 is 2.00 bits per heavy atom. The van der Waals surface area contributed by atoms with Crippen molar-refractivity contribution >= 4 is 22.4 Å². The van der Waals surface area contributed by atoms with Crippen molar-refractivity contribution in [3.63, 3.8) is 0 Å². The highest BCUT2D eigenvalue weighted by atomic mass is 32.1. The van der Waals surface area contributed by atoms with Gasteiger partial charge in [0.2, 0.25) is 11.8 Å². The molecule has 37 heavy (non-hydrogen) atoms. The van der Waals surface area contributed by atoms with Crippen LogP contribution in [0.2, 0.25) is 0 Å². The number of nitrogens with zero attached hydrogens (tertiary/aromatic N) is 4. The molecule has 1 aromatic carbocycles. The van der Waals surface area contributed by atoms with E-state index in [2.05, 4.69) is 20.3 Å². The summed E-state index contributed by atoms with van der Waals surface area (Å²) in [6.07, 6.45) is -3.29. The van der Waals surface area contributed by atoms with Gasteiger partial charge in [0, 0.05) is 12.1 Å². The molecule has 0 saturated carbocycles. The van der Waals surface area contributed by atoms with E-state index < -0.39 is 23.2 Å². The number of nitrogens with one attached hydrogen (secondary N) is 1. The second kappa shape index (κ2) is 9.43. The third kappa shape index (κ3) is 4.67. The molecule has 2 aliphatic rings. The zero-order chi connectivity index (χ0) is 26.4. The summed E-state index contributed by atoms with van der Waals surface area (Å²) < 4.78 is 62.2. The first-order valence-corrected chi connectivity index (χ1v) is 11.9. The number of aromatic nitrogens is 3. The molecule has 3 aromatic rings. The number of benzene rings is 1. The average Bonchev–Trinajstić information content (AvgIpc) is 3.25. The summed E-state index contributed by atoms with van der Waals surface area (Å²) in [6.45, 7) is 1.16. The standard InChI is InChI=1S/C23H22F3N5O5S/c1-31(2)6-7-35-20-15(19(33-3)27-11-28-20)18(32)30-21-29-16-13-5-4-12(23(24,25)26)8-14(13)36-22(9-34-10-22)17(16)37-21/h4-5,8,11H,6-7,9-10H2,1-3H3,(H,29,30,32). The van der Waals surface area contributed by atoms with Crippen molar-refractivity contribution < 1.29 is 36.9 Å². The normalized spacial score (nSPS) is 15.4. The van der Waals surface area contributed by atoms with Crippen LogP contribution in [0, 0.1) is 0 Å². The monoisotopic (exact) mass is 537 g/mol. The van der Waals surface area contributed by atoms with Gasteiger partial charge in [-0.05, 0) is 32.3 Å². The number of rotatable bonds is 7. The van der Waals surface area contributed by atoms with E-state index in [1.807, 2.05) is 19.0 Å². The predicted molar refractivity (Wildman–Crippen MR) is 126 cm³/mol. The molecule has 0 bridgehead atoms. The Labute approximate surface area is 213 Å². The van der Waals surface area contributed by atoms with Crippen molar-refractivity contribution in [3.05, 3.63) is 40.5 Å². The quantitative estimate of drug-likeness (QED) is 0.485. The van der Waals surface area contributed by atoms with Gasteiger partial charge in [-0.3, -0.25) is 10.1 Å². The molecule has 1 fully saturated rings. The van der Waals surface area contributed by atoms with Gasteiger partial charge >= 0.3 is 6.18 Å². The molecule has 1 amide bonds. The van der Waals surface area contributed by atoms with Crippen molar-refractivity contribution in [3.8, 4) is 28.8 Å². The number of carbonyl (C=O) groups excluding carboxylic acids is 1. The van der Waals surface area contributed by atoms with Crippen LogP contribution in [-0.4, -0.2) is 73.3 Å². The van der Waals surface area contributed by atoms with E-state index in [4.69, 9.17) is 18.9 Å². The molecule has 0 unspecified atom stereocenters. The van der Waals surface area contributed by atoms with Crippen molar-refractivity contribution in [2.24, 2.45) is 0 Å². The van der Waals surface area contributed by atoms with Gasteiger partial charge in [-0.25, -0.2) is 15.0 Å². The van der Waals surface area contributed by atoms with Gasteiger partial charge in [-0.1, -0.05) is 11.3 Å². The first kappa shape index (κ1) is 25.2. The molecule has 196 valence electrons. The lowest BCUT2D eigenvalue weighted by Gasteiger charge is -2.43. The van der Waals surface area contributed by atoms with Crippen molar-refractivity contribution in [1.82, 2.24) is 19.9 Å². The fraction of sp³-hybridized carbons (Fsp3) is 0.391. The van der Waals surface area contributed by atoms with E-state index in [0.29, 0.717) is 22.7 Å². The number of ether oxygens (including phenoxy) is 4. The fourth-order valence-corrected chi connectivity index (χ4v) is 4.95. The van der Waals surface area contributed by atoms with Gasteiger partial charge in [0.25, 0.3) is 5.91 Å². The Bertz CT molecular complexity index is 1340. The van der Waals surface area contributed by atoms with Gasteiger partial charge in [0.15, 0.2) is 16.3 Å². The van der Waals surface area contributed by atoms with Crippen LogP contribution in [0.4, 0.5) is 18.3 Å². The molecule has 1 N–H and O–H groups in total. The molecular formula is C23H22F3N5O5S. The molecule has 0 aliphatic carbocycles. The van der Waals surface area contributed by atoms with Crippen LogP contribution < -0.4 is 19.5 Å². The number of hydrogen-bond donors (Lipinski definition) is 1. The predicted octanol–water partition coefficient (Wildman–Crippen LogP) is 3.44. The van der Waals surface area contributed by atoms with Crippen LogP contribution in [0.15, 0.2) is 24.5 Å². The lowest BCUT2D eigenvalue weighted by molar-refractivity contribution is -0.167. The molecule has 1 spiro atoms. The van der Waals surface area contributed by atoms with Gasteiger partial charge in [0.1, 0.15) is 18.7 Å². The van der Waals surface area contributed by atoms with E-state index in [-0.39, 0.29) is 48.0 Å². The third-order valence-corrected chi connectivity index (χ3v) is 6.93. The number of halogens is 3. The first-order valence-electron chi connectivity index (χ1n) is 11.1. The minimum Gasteiger partial charge on any atom is -0.480 e. The molecule has 1 saturated heterocycles. The van der Waals surface area contributed by atoms with Gasteiger partial charge < -0.3 is 23.8 Å². The second-order valence-corrected chi connectivity index (χ2v) is 9.66. The highest BCUT2D eigenvalue weighted by molar-refractivity contribution is 7.16. The second-order valence-electron chi connectivity index (χ2n) is 8.66. The number of carbonyl (C=O) groups is 1. The molecule has 2 aliphatic heterocycles. The van der Waals surface area contributed by atoms with E-state index in [1.54, 1.807) is 0 Å². The van der Waals surface area contributed by atoms with E-state index in [1.165, 1.54) is 19.5 Å². The summed E-state index contributed by atoms with van der Waals surface area (Å²) in [6, 6.07) is 3.25. The molecule has 0 atom stereocenters. The Morgan fingerprint density at radius 1 is 1.24 bits per heavy atom. The smallest absolute Gasteiger partial charge is 0.416 e. The molecular weight excluding hydrogens is 515 g/mol. The summed E-state index contributed by atoms with van der Waals surface area (Å²) in [5.41, 5.74) is -0.985. The molecule has 14 heteroatoms. The lowest BCUT2D eigenvalue weighted by atomic mass is 9.91. The van der Waals surface area contributed by atoms with Crippen molar-refractivity contribution in [2.45, 2.75) is 11.8 Å². The van der Waals surface area contributed by atoms with E-state index >= 15 is 0 Å². The maximum absolute atomic E-state index is 13.3. The maximum atomic E-state index is 13.3. The van der Waals surface area contributed by atoms with Gasteiger partial charge in [0.05, 0.1) is 36.5 Å². The van der Waals surface area contributed by atoms with Gasteiger partial charge in [-0.2, -0.15) is 13.2 Å². The Balaban J connectivity index is 1.47. The SMILES string of the molecule is COc1ncnc(OCCN(C)C)c1C(=O)Nc1nc2c(s1)C1(COC1)Oc1cc(C(F)(F)F)ccc1-2. The third-order valence-electron chi connectivity index (χ3n) is 5.78. The summed E-state index contributed by atoms with van der Waals surface area (Å²) >= 11 is 1.16. The largest absolute Gasteiger partial charge is 0.480 e. The highest BCUT2D eigenvalue weighted by Crippen LogP contribution is 2.52. The molecule has 10 nitrogen and oxygen atoms in total. The van der Waals surface area contributed by atoms with Gasteiger partial charge in [-0.15, -0.1) is 0 Å². The van der Waals surface area contributed by atoms with Crippen LogP contribution in [0.25, 0.3) is 11.3 Å². The van der Waals surface area contributed by atoms with Crippen LogP contribution in [-0.2, 0) is 16.5 Å². The Kier molecular flexibility index (Phi) is 6.41. The number of alkyl halides is 3. The summed E-state index contributed by atoms with van der Waals surface area (Å²) in [7, 11) is 5.13. The number of methoxy groups -OCH3 is 1. The number of likely N-dealkylation sites (N-methyl/N-ethyl adjacent to an activating group) is 1. The highest BCUT2D eigenvalue weighted by Gasteiger charge is 2.50. The number of amides is 1. The van der Waals surface area contributed by atoms with Crippen LogP contribution >= 0.6 is 11.3 Å². The first-order chi connectivity index (χ1) is 17.6. The van der Waals surface area contributed by atoms with E-state index in [0.717, 1.165) is 23.5 Å². The van der Waals surface area contributed by atoms with E-state index in [9.17, 15) is 18.0 Å². The summed E-state index contributed by atoms with van der Waals surface area (Å²) in [5, 5.41) is 2.93. The molecule has 5 rings (SSSR count). The minimum atomic E-state index is -4.52. The zero-order valence-corrected chi connectivity index (χ0v) is 20.8. The number of anilines is 1. The zero-order valence-electron chi connectivity index (χ0n) is 20.0. The summed E-state index contributed by atoms with van der Waals surface area (Å²) in [4.78, 5) is 28.5. The molecule has 4 heterocycles. The molecule has 2 aromatic heterocycles. The average molecular weight is 538 g/mol. The Morgan fingerprint density at radius 3 is 2.65 bits per heavy atom. The van der Waals surface area contributed by atoms with Crippen molar-refractivity contribution in [1.29, 1.82) is 0 Å². The lowest BCUT2D eigenvalue weighted by Crippen LogP contribution is -2.52. The maximum Gasteiger partial charge on any atom is 0.416 e. The molecule has 0 radical (unpaired) electrons. The topological polar surface area (TPSA) is 108 Å². The number of hydrogen-bond acceptors (Lipinski definition) is 10. The van der Waals surface area contributed by atoms with Crippen LogP contribution in [0.1, 0.15) is 20.8 Å². The van der Waals surface area contributed by atoms with Crippen LogP contribution in [0.5, 0.6) is 17.5 Å². The number of fused-ring (bicyclic) bond motifs is 4. The minimum absolute atomic E-state index is 0.00918.